The SMILES string of the molecule is COCC(NCC(=O)N1CCCC1)C(C)C. The number of carbonyl (C=O) groups excluding carboxylic acids is 1. The maximum Gasteiger partial charge on any atom is 0.236 e. The van der Waals surface area contributed by atoms with Crippen molar-refractivity contribution in [3.8, 4) is 0 Å². The van der Waals surface area contributed by atoms with E-state index in [0.29, 0.717) is 19.1 Å². The van der Waals surface area contributed by atoms with Gasteiger partial charge in [-0.3, -0.25) is 4.79 Å². The number of methoxy groups -OCH3 is 1. The number of rotatable bonds is 6. The first-order chi connectivity index (χ1) is 7.65. The van der Waals surface area contributed by atoms with Crippen molar-refractivity contribution in [3.05, 3.63) is 0 Å². The minimum absolute atomic E-state index is 0.222. The number of carbonyl (C=O) groups is 1. The van der Waals surface area contributed by atoms with Gasteiger partial charge in [-0.05, 0) is 18.8 Å². The molecule has 0 aromatic carbocycles. The van der Waals surface area contributed by atoms with Gasteiger partial charge in [-0.15, -0.1) is 0 Å². The average molecular weight is 228 g/mol. The third kappa shape index (κ3) is 4.10. The quantitative estimate of drug-likeness (QED) is 0.733. The molecular weight excluding hydrogens is 204 g/mol. The lowest BCUT2D eigenvalue weighted by Crippen LogP contribution is -2.44. The summed E-state index contributed by atoms with van der Waals surface area (Å²) >= 11 is 0. The van der Waals surface area contributed by atoms with Crippen molar-refractivity contribution in [1.82, 2.24) is 10.2 Å². The first-order valence-corrected chi connectivity index (χ1v) is 6.15. The standard InChI is InChI=1S/C12H24N2O2/c1-10(2)11(9-16-3)13-8-12(15)14-6-4-5-7-14/h10-11,13H,4-9H2,1-3H3. The van der Waals surface area contributed by atoms with Gasteiger partial charge in [0.2, 0.25) is 5.91 Å². The lowest BCUT2D eigenvalue weighted by atomic mass is 10.1. The first kappa shape index (κ1) is 13.5. The molecule has 0 saturated carbocycles. The monoisotopic (exact) mass is 228 g/mol. The molecule has 4 heteroatoms. The summed E-state index contributed by atoms with van der Waals surface area (Å²) in [5.74, 6) is 0.700. The molecule has 0 radical (unpaired) electrons. The fraction of sp³-hybridized carbons (Fsp3) is 0.917. The van der Waals surface area contributed by atoms with Gasteiger partial charge in [-0.1, -0.05) is 13.8 Å². The van der Waals surface area contributed by atoms with Crippen LogP contribution in [0.2, 0.25) is 0 Å². The lowest BCUT2D eigenvalue weighted by Gasteiger charge is -2.23. The fourth-order valence-electron chi connectivity index (χ4n) is 1.96. The van der Waals surface area contributed by atoms with Crippen LogP contribution in [0.25, 0.3) is 0 Å². The molecule has 0 spiro atoms. The number of ether oxygens (including phenoxy) is 1. The summed E-state index contributed by atoms with van der Waals surface area (Å²) in [5, 5.41) is 3.28. The Morgan fingerprint density at radius 2 is 2.00 bits per heavy atom. The molecule has 1 aliphatic heterocycles. The fourth-order valence-corrected chi connectivity index (χ4v) is 1.96. The van der Waals surface area contributed by atoms with Crippen LogP contribution in [0.1, 0.15) is 26.7 Å². The van der Waals surface area contributed by atoms with E-state index < -0.39 is 0 Å². The molecule has 1 unspecified atom stereocenters. The molecule has 1 saturated heterocycles. The number of likely N-dealkylation sites (tertiary alicyclic amines) is 1. The van der Waals surface area contributed by atoms with Gasteiger partial charge in [0.05, 0.1) is 13.2 Å². The molecule has 1 rings (SSSR count). The topological polar surface area (TPSA) is 41.6 Å². The Morgan fingerprint density at radius 3 is 2.50 bits per heavy atom. The normalized spacial score (nSPS) is 18.1. The van der Waals surface area contributed by atoms with Crippen LogP contribution < -0.4 is 5.32 Å². The van der Waals surface area contributed by atoms with E-state index in [4.69, 9.17) is 4.74 Å². The Labute approximate surface area is 98.3 Å². The largest absolute Gasteiger partial charge is 0.383 e. The Kier molecular flexibility index (Phi) is 5.77. The number of nitrogens with one attached hydrogen (secondary N) is 1. The highest BCUT2D eigenvalue weighted by molar-refractivity contribution is 5.78. The Morgan fingerprint density at radius 1 is 1.38 bits per heavy atom. The van der Waals surface area contributed by atoms with E-state index in [-0.39, 0.29) is 11.9 Å². The van der Waals surface area contributed by atoms with Gasteiger partial charge in [0.25, 0.3) is 0 Å². The Bertz CT molecular complexity index is 213. The second kappa shape index (κ2) is 6.86. The van der Waals surface area contributed by atoms with Crippen LogP contribution in [0, 0.1) is 5.92 Å². The van der Waals surface area contributed by atoms with Crippen LogP contribution in [0.5, 0.6) is 0 Å². The number of hydrogen-bond donors (Lipinski definition) is 1. The molecule has 0 bridgehead atoms. The molecule has 1 N–H and O–H groups in total. The Hall–Kier alpha value is -0.610. The minimum Gasteiger partial charge on any atom is -0.383 e. The predicted molar refractivity (Wildman–Crippen MR) is 64.3 cm³/mol. The second-order valence-electron chi connectivity index (χ2n) is 4.77. The number of nitrogens with zero attached hydrogens (tertiary/aromatic N) is 1. The maximum atomic E-state index is 11.8. The summed E-state index contributed by atoms with van der Waals surface area (Å²) in [5.41, 5.74) is 0. The predicted octanol–water partition coefficient (Wildman–Crippen LogP) is 0.869. The molecule has 1 fully saturated rings. The molecule has 1 heterocycles. The van der Waals surface area contributed by atoms with E-state index in [1.165, 1.54) is 0 Å². The van der Waals surface area contributed by atoms with Gasteiger partial charge >= 0.3 is 0 Å². The molecule has 1 aliphatic rings. The molecule has 16 heavy (non-hydrogen) atoms. The zero-order valence-electron chi connectivity index (χ0n) is 10.7. The zero-order valence-corrected chi connectivity index (χ0v) is 10.7. The smallest absolute Gasteiger partial charge is 0.236 e. The van der Waals surface area contributed by atoms with Gasteiger partial charge < -0.3 is 15.0 Å². The van der Waals surface area contributed by atoms with Crippen molar-refractivity contribution in [1.29, 1.82) is 0 Å². The molecular formula is C12H24N2O2. The summed E-state index contributed by atoms with van der Waals surface area (Å²) in [6.07, 6.45) is 2.30. The maximum absolute atomic E-state index is 11.8. The number of amides is 1. The van der Waals surface area contributed by atoms with Gasteiger partial charge in [0.1, 0.15) is 0 Å². The first-order valence-electron chi connectivity index (χ1n) is 6.15. The summed E-state index contributed by atoms with van der Waals surface area (Å²) in [6.45, 7) is 7.22. The van der Waals surface area contributed by atoms with E-state index >= 15 is 0 Å². The highest BCUT2D eigenvalue weighted by Gasteiger charge is 2.19. The van der Waals surface area contributed by atoms with Crippen molar-refractivity contribution in [2.45, 2.75) is 32.7 Å². The van der Waals surface area contributed by atoms with E-state index in [1.54, 1.807) is 7.11 Å². The highest BCUT2D eigenvalue weighted by atomic mass is 16.5. The molecule has 0 aliphatic carbocycles. The van der Waals surface area contributed by atoms with Crippen molar-refractivity contribution >= 4 is 5.91 Å². The van der Waals surface area contributed by atoms with Crippen LogP contribution in [0.15, 0.2) is 0 Å². The van der Waals surface area contributed by atoms with Crippen LogP contribution in [0.4, 0.5) is 0 Å². The van der Waals surface area contributed by atoms with E-state index in [9.17, 15) is 4.79 Å². The molecule has 4 nitrogen and oxygen atoms in total. The Balaban J connectivity index is 2.27. The van der Waals surface area contributed by atoms with Crippen molar-refractivity contribution in [3.63, 3.8) is 0 Å². The second-order valence-corrected chi connectivity index (χ2v) is 4.77. The summed E-state index contributed by atoms with van der Waals surface area (Å²) in [4.78, 5) is 13.7. The summed E-state index contributed by atoms with van der Waals surface area (Å²) in [6, 6.07) is 0.261. The van der Waals surface area contributed by atoms with Crippen molar-refractivity contribution in [2.24, 2.45) is 5.92 Å². The van der Waals surface area contributed by atoms with Gasteiger partial charge in [0, 0.05) is 26.2 Å². The minimum atomic E-state index is 0.222. The van der Waals surface area contributed by atoms with Crippen molar-refractivity contribution < 1.29 is 9.53 Å². The third-order valence-electron chi connectivity index (χ3n) is 3.13. The highest BCUT2D eigenvalue weighted by Crippen LogP contribution is 2.07. The van der Waals surface area contributed by atoms with E-state index in [1.807, 2.05) is 4.90 Å². The van der Waals surface area contributed by atoms with Gasteiger partial charge in [0.15, 0.2) is 0 Å². The summed E-state index contributed by atoms with van der Waals surface area (Å²) in [7, 11) is 1.69. The van der Waals surface area contributed by atoms with Gasteiger partial charge in [-0.2, -0.15) is 0 Å². The lowest BCUT2D eigenvalue weighted by molar-refractivity contribution is -0.129. The van der Waals surface area contributed by atoms with Crippen LogP contribution in [-0.2, 0) is 9.53 Å². The molecule has 0 aromatic heterocycles. The zero-order chi connectivity index (χ0) is 12.0. The molecule has 0 aromatic rings. The van der Waals surface area contributed by atoms with Crippen molar-refractivity contribution in [2.75, 3.05) is 33.4 Å². The van der Waals surface area contributed by atoms with Crippen LogP contribution >= 0.6 is 0 Å². The van der Waals surface area contributed by atoms with E-state index in [2.05, 4.69) is 19.2 Å². The van der Waals surface area contributed by atoms with E-state index in [0.717, 1.165) is 25.9 Å². The van der Waals surface area contributed by atoms with Gasteiger partial charge in [-0.25, -0.2) is 0 Å². The molecule has 1 atom stereocenters. The molecule has 94 valence electrons. The molecule has 1 amide bonds. The number of hydrogen-bond acceptors (Lipinski definition) is 3. The van der Waals surface area contributed by atoms with Crippen LogP contribution in [-0.4, -0.2) is 50.2 Å². The third-order valence-corrected chi connectivity index (χ3v) is 3.13. The van der Waals surface area contributed by atoms with Crippen LogP contribution in [0.3, 0.4) is 0 Å². The summed E-state index contributed by atoms with van der Waals surface area (Å²) < 4.78 is 5.14. The average Bonchev–Trinajstić information content (AvgIpc) is 2.76.